The fourth-order valence-electron chi connectivity index (χ4n) is 1.56. The summed E-state index contributed by atoms with van der Waals surface area (Å²) in [5, 5.41) is 18.0. The summed E-state index contributed by atoms with van der Waals surface area (Å²) >= 11 is 0. The molecular formula is C9H13NO4. The normalized spacial score (nSPS) is 26.2. The molecule has 5 nitrogen and oxygen atoms in total. The number of carbonyl (C=O) groups excluding carboxylic acids is 1. The molecule has 1 fully saturated rings. The van der Waals surface area contributed by atoms with Gasteiger partial charge in [-0.2, -0.15) is 0 Å². The Kier molecular flexibility index (Phi) is 3.24. The van der Waals surface area contributed by atoms with Crippen LogP contribution >= 0.6 is 0 Å². The molecule has 0 bridgehead atoms. The maximum atomic E-state index is 11.4. The number of rotatable bonds is 3. The molecule has 0 saturated carbocycles. The van der Waals surface area contributed by atoms with Gasteiger partial charge in [0.15, 0.2) is 0 Å². The van der Waals surface area contributed by atoms with Crippen LogP contribution in [0, 0.1) is 0 Å². The Morgan fingerprint density at radius 1 is 1.57 bits per heavy atom. The molecule has 1 unspecified atom stereocenters. The number of likely N-dealkylation sites (tertiary alicyclic amines) is 1. The molecule has 1 saturated heterocycles. The Balaban J connectivity index is 2.70. The van der Waals surface area contributed by atoms with Crippen molar-refractivity contribution in [1.82, 2.24) is 4.90 Å². The van der Waals surface area contributed by atoms with Crippen molar-refractivity contribution in [2.45, 2.75) is 25.0 Å². The Morgan fingerprint density at radius 2 is 2.21 bits per heavy atom. The Morgan fingerprint density at radius 3 is 2.71 bits per heavy atom. The maximum absolute atomic E-state index is 11.4. The van der Waals surface area contributed by atoms with Gasteiger partial charge in [0, 0.05) is 19.4 Å². The van der Waals surface area contributed by atoms with E-state index in [1.165, 1.54) is 11.0 Å². The lowest BCUT2D eigenvalue weighted by Gasteiger charge is -2.20. The van der Waals surface area contributed by atoms with Gasteiger partial charge in [0.1, 0.15) is 6.04 Å². The summed E-state index contributed by atoms with van der Waals surface area (Å²) in [5.41, 5.74) is 0. The van der Waals surface area contributed by atoms with Crippen molar-refractivity contribution < 1.29 is 19.8 Å². The predicted octanol–water partition coefficient (Wildman–Crippen LogP) is -0.391. The Hall–Kier alpha value is -1.36. The summed E-state index contributed by atoms with van der Waals surface area (Å²) in [6.07, 6.45) is 0.908. The van der Waals surface area contributed by atoms with E-state index in [1.807, 2.05) is 0 Å². The molecule has 0 aromatic heterocycles. The second-order valence-electron chi connectivity index (χ2n) is 3.28. The Bertz CT molecular complexity index is 264. The number of carboxylic acid groups (broad SMARTS) is 1. The molecule has 1 aliphatic rings. The summed E-state index contributed by atoms with van der Waals surface area (Å²) in [4.78, 5) is 23.3. The van der Waals surface area contributed by atoms with Crippen LogP contribution in [0.2, 0.25) is 0 Å². The van der Waals surface area contributed by atoms with E-state index >= 15 is 0 Å². The van der Waals surface area contributed by atoms with Crippen LogP contribution in [0.15, 0.2) is 12.7 Å². The molecule has 1 aliphatic heterocycles. The SMILES string of the molecule is C=CCC(=O)N1CC(O)C[C@H]1C(=O)O. The first kappa shape index (κ1) is 10.7. The molecule has 0 spiro atoms. The molecule has 14 heavy (non-hydrogen) atoms. The zero-order valence-corrected chi connectivity index (χ0v) is 7.72. The molecule has 0 aromatic rings. The van der Waals surface area contributed by atoms with E-state index in [2.05, 4.69) is 6.58 Å². The first-order valence-corrected chi connectivity index (χ1v) is 4.37. The number of hydrogen-bond donors (Lipinski definition) is 2. The van der Waals surface area contributed by atoms with Gasteiger partial charge in [0.2, 0.25) is 5.91 Å². The third-order valence-corrected chi connectivity index (χ3v) is 2.20. The zero-order valence-electron chi connectivity index (χ0n) is 7.72. The number of aliphatic hydroxyl groups excluding tert-OH is 1. The third kappa shape index (κ3) is 2.11. The van der Waals surface area contributed by atoms with Crippen molar-refractivity contribution in [3.05, 3.63) is 12.7 Å². The topological polar surface area (TPSA) is 77.8 Å². The van der Waals surface area contributed by atoms with E-state index < -0.39 is 18.1 Å². The van der Waals surface area contributed by atoms with Gasteiger partial charge in [-0.3, -0.25) is 4.79 Å². The van der Waals surface area contributed by atoms with Gasteiger partial charge >= 0.3 is 5.97 Å². The van der Waals surface area contributed by atoms with Crippen molar-refractivity contribution in [2.75, 3.05) is 6.54 Å². The highest BCUT2D eigenvalue weighted by molar-refractivity contribution is 5.85. The first-order valence-electron chi connectivity index (χ1n) is 4.37. The number of hydrogen-bond acceptors (Lipinski definition) is 3. The second-order valence-corrected chi connectivity index (χ2v) is 3.28. The minimum absolute atomic E-state index is 0.101. The van der Waals surface area contributed by atoms with E-state index in [0.29, 0.717) is 0 Å². The smallest absolute Gasteiger partial charge is 0.326 e. The van der Waals surface area contributed by atoms with Gasteiger partial charge in [0.25, 0.3) is 0 Å². The van der Waals surface area contributed by atoms with E-state index in [9.17, 15) is 14.7 Å². The first-order chi connectivity index (χ1) is 6.56. The Labute approximate surface area is 81.6 Å². The number of aliphatic hydroxyl groups is 1. The van der Waals surface area contributed by atoms with Crippen molar-refractivity contribution >= 4 is 11.9 Å². The lowest BCUT2D eigenvalue weighted by atomic mass is 10.2. The molecular weight excluding hydrogens is 186 g/mol. The van der Waals surface area contributed by atoms with Crippen LogP contribution in [0.4, 0.5) is 0 Å². The summed E-state index contributed by atoms with van der Waals surface area (Å²) in [6.45, 7) is 3.50. The molecule has 2 N–H and O–H groups in total. The largest absolute Gasteiger partial charge is 0.480 e. The third-order valence-electron chi connectivity index (χ3n) is 2.20. The van der Waals surface area contributed by atoms with Crippen molar-refractivity contribution in [3.63, 3.8) is 0 Å². The van der Waals surface area contributed by atoms with Gasteiger partial charge in [0.05, 0.1) is 6.10 Å². The molecule has 1 rings (SSSR count). The van der Waals surface area contributed by atoms with E-state index in [0.717, 1.165) is 0 Å². The van der Waals surface area contributed by atoms with Crippen LogP contribution in [-0.4, -0.2) is 45.7 Å². The molecule has 0 radical (unpaired) electrons. The molecule has 2 atom stereocenters. The number of aliphatic carboxylic acids is 1. The standard InChI is InChI=1S/C9H13NO4/c1-2-3-8(12)10-5-6(11)4-7(10)9(13)14/h2,6-7,11H,1,3-5H2,(H,13,14)/t6?,7-/m0/s1. The highest BCUT2D eigenvalue weighted by Crippen LogP contribution is 2.19. The molecule has 0 aromatic carbocycles. The number of carbonyl (C=O) groups is 2. The van der Waals surface area contributed by atoms with Crippen molar-refractivity contribution in [1.29, 1.82) is 0 Å². The minimum atomic E-state index is -1.07. The van der Waals surface area contributed by atoms with Gasteiger partial charge in [-0.25, -0.2) is 4.79 Å². The lowest BCUT2D eigenvalue weighted by Crippen LogP contribution is -2.40. The van der Waals surface area contributed by atoms with Crippen LogP contribution in [0.5, 0.6) is 0 Å². The summed E-state index contributed by atoms with van der Waals surface area (Å²) < 4.78 is 0. The average molecular weight is 199 g/mol. The predicted molar refractivity (Wildman–Crippen MR) is 48.6 cm³/mol. The highest BCUT2D eigenvalue weighted by Gasteiger charge is 2.38. The van der Waals surface area contributed by atoms with E-state index in [-0.39, 0.29) is 25.3 Å². The maximum Gasteiger partial charge on any atom is 0.326 e. The second kappa shape index (κ2) is 4.23. The molecule has 1 heterocycles. The van der Waals surface area contributed by atoms with Crippen LogP contribution < -0.4 is 0 Å². The van der Waals surface area contributed by atoms with E-state index in [1.54, 1.807) is 0 Å². The number of β-amino-alcohol motifs (C(OH)–C–C–N with tert-alkyl or cyclic N) is 1. The van der Waals surface area contributed by atoms with Gasteiger partial charge in [-0.15, -0.1) is 6.58 Å². The monoisotopic (exact) mass is 199 g/mol. The van der Waals surface area contributed by atoms with Gasteiger partial charge in [-0.1, -0.05) is 6.08 Å². The van der Waals surface area contributed by atoms with Crippen LogP contribution in [-0.2, 0) is 9.59 Å². The van der Waals surface area contributed by atoms with E-state index in [4.69, 9.17) is 5.11 Å². The van der Waals surface area contributed by atoms with Crippen LogP contribution in [0.3, 0.4) is 0 Å². The quantitative estimate of drug-likeness (QED) is 0.607. The molecule has 1 amide bonds. The minimum Gasteiger partial charge on any atom is -0.480 e. The van der Waals surface area contributed by atoms with Crippen LogP contribution in [0.1, 0.15) is 12.8 Å². The summed E-state index contributed by atoms with van der Waals surface area (Å²) in [6, 6.07) is -0.891. The summed E-state index contributed by atoms with van der Waals surface area (Å²) in [5.74, 6) is -1.37. The zero-order chi connectivity index (χ0) is 10.7. The number of nitrogens with zero attached hydrogens (tertiary/aromatic N) is 1. The molecule has 78 valence electrons. The molecule has 5 heteroatoms. The highest BCUT2D eigenvalue weighted by atomic mass is 16.4. The summed E-state index contributed by atoms with van der Waals surface area (Å²) in [7, 11) is 0. The molecule has 0 aliphatic carbocycles. The number of carboxylic acids is 1. The number of amides is 1. The van der Waals surface area contributed by atoms with Crippen molar-refractivity contribution in [3.8, 4) is 0 Å². The van der Waals surface area contributed by atoms with Gasteiger partial charge < -0.3 is 15.1 Å². The lowest BCUT2D eigenvalue weighted by molar-refractivity contribution is -0.147. The van der Waals surface area contributed by atoms with Crippen LogP contribution in [0.25, 0.3) is 0 Å². The average Bonchev–Trinajstić information content (AvgIpc) is 2.48. The fraction of sp³-hybridized carbons (Fsp3) is 0.556. The van der Waals surface area contributed by atoms with Gasteiger partial charge in [-0.05, 0) is 0 Å². The fourth-order valence-corrected chi connectivity index (χ4v) is 1.56. The van der Waals surface area contributed by atoms with Crippen molar-refractivity contribution in [2.24, 2.45) is 0 Å².